The van der Waals surface area contributed by atoms with E-state index in [1.165, 1.54) is 59.4 Å². The van der Waals surface area contributed by atoms with Crippen LogP contribution in [0.2, 0.25) is 0 Å². The summed E-state index contributed by atoms with van der Waals surface area (Å²) in [7, 11) is 0. The van der Waals surface area contributed by atoms with E-state index in [9.17, 15) is 22.7 Å². The first kappa shape index (κ1) is 20.2. The fourth-order valence-electron chi connectivity index (χ4n) is 4.08. The number of fused-ring (bicyclic) bond motifs is 2. The maximum absolute atomic E-state index is 14.4. The summed E-state index contributed by atoms with van der Waals surface area (Å²) in [6.45, 7) is 0. The summed E-state index contributed by atoms with van der Waals surface area (Å²) >= 11 is 0. The van der Waals surface area contributed by atoms with Crippen LogP contribution in [0.5, 0.6) is 0 Å². The van der Waals surface area contributed by atoms with Crippen LogP contribution >= 0.6 is 0 Å². The third-order valence-corrected chi connectivity index (χ3v) is 5.63. The second kappa shape index (κ2) is 7.17. The van der Waals surface area contributed by atoms with Gasteiger partial charge in [0.1, 0.15) is 5.82 Å². The fraction of sp³-hybridized carbons (Fsp3) is 0.0800. The molecule has 0 amide bonds. The molecule has 3 nitrogen and oxygen atoms in total. The first-order valence-corrected chi connectivity index (χ1v) is 9.80. The maximum Gasteiger partial charge on any atom is 0.425 e. The molecule has 0 saturated heterocycles. The Labute approximate surface area is 180 Å². The van der Waals surface area contributed by atoms with Crippen molar-refractivity contribution < 1.29 is 22.7 Å². The van der Waals surface area contributed by atoms with Crippen molar-refractivity contribution in [3.8, 4) is 5.69 Å². The van der Waals surface area contributed by atoms with Gasteiger partial charge in [-0.15, -0.1) is 0 Å². The largest absolute Gasteiger partial charge is 0.425 e. The number of rotatable bonds is 3. The van der Waals surface area contributed by atoms with Gasteiger partial charge >= 0.3 is 6.18 Å². The minimum atomic E-state index is -4.98. The highest BCUT2D eigenvalue weighted by atomic mass is 19.4. The van der Waals surface area contributed by atoms with Crippen molar-refractivity contribution in [2.75, 3.05) is 0 Å². The molecular formula is C25H16F4N2O. The molecule has 0 bridgehead atoms. The van der Waals surface area contributed by atoms with Gasteiger partial charge in [0, 0.05) is 10.9 Å². The van der Waals surface area contributed by atoms with Crippen LogP contribution in [0.25, 0.3) is 27.4 Å². The SMILES string of the molecule is OC(c1ccc2c(cnn2-c2cccc(F)c2)c1)(c1cccc2ccccc12)C(F)(F)F. The van der Waals surface area contributed by atoms with Gasteiger partial charge in [-0.05, 0) is 46.7 Å². The van der Waals surface area contributed by atoms with Crippen LogP contribution in [-0.2, 0) is 5.60 Å². The smallest absolute Gasteiger partial charge is 0.372 e. The first-order chi connectivity index (χ1) is 15.3. The number of nitrogens with zero attached hydrogens (tertiary/aromatic N) is 2. The molecular weight excluding hydrogens is 420 g/mol. The monoisotopic (exact) mass is 436 g/mol. The molecule has 5 rings (SSSR count). The number of benzene rings is 4. The molecule has 0 aliphatic rings. The van der Waals surface area contributed by atoms with E-state index in [1.54, 1.807) is 36.4 Å². The number of hydrogen-bond donors (Lipinski definition) is 1. The van der Waals surface area contributed by atoms with Crippen molar-refractivity contribution >= 4 is 21.7 Å². The molecule has 160 valence electrons. The topological polar surface area (TPSA) is 38.1 Å². The number of aromatic nitrogens is 2. The normalized spacial score (nSPS) is 14.0. The van der Waals surface area contributed by atoms with Crippen molar-refractivity contribution in [2.24, 2.45) is 0 Å². The quantitative estimate of drug-likeness (QED) is 0.346. The molecule has 0 spiro atoms. The Balaban J connectivity index is 1.72. The molecule has 32 heavy (non-hydrogen) atoms. The highest BCUT2D eigenvalue weighted by Gasteiger charge is 2.57. The molecule has 7 heteroatoms. The molecule has 0 saturated carbocycles. The highest BCUT2D eigenvalue weighted by Crippen LogP contribution is 2.47. The van der Waals surface area contributed by atoms with Crippen molar-refractivity contribution in [3.63, 3.8) is 0 Å². The van der Waals surface area contributed by atoms with Gasteiger partial charge in [-0.3, -0.25) is 0 Å². The summed E-state index contributed by atoms with van der Waals surface area (Å²) in [5.74, 6) is -0.454. The van der Waals surface area contributed by atoms with E-state index in [4.69, 9.17) is 0 Å². The molecule has 5 aromatic rings. The second-order valence-corrected chi connectivity index (χ2v) is 7.54. The Morgan fingerprint density at radius 3 is 2.31 bits per heavy atom. The number of aliphatic hydroxyl groups is 1. The molecule has 0 fully saturated rings. The molecule has 0 aliphatic heterocycles. The highest BCUT2D eigenvalue weighted by molar-refractivity contribution is 5.88. The molecule has 0 radical (unpaired) electrons. The van der Waals surface area contributed by atoms with Crippen LogP contribution in [0, 0.1) is 5.82 Å². The Morgan fingerprint density at radius 2 is 1.53 bits per heavy atom. The molecule has 1 N–H and O–H groups in total. The summed E-state index contributed by atoms with van der Waals surface area (Å²) in [6, 6.07) is 20.8. The molecule has 1 aromatic heterocycles. The van der Waals surface area contributed by atoms with Gasteiger partial charge in [-0.2, -0.15) is 18.3 Å². The van der Waals surface area contributed by atoms with Crippen LogP contribution in [0.1, 0.15) is 11.1 Å². The zero-order valence-electron chi connectivity index (χ0n) is 16.5. The van der Waals surface area contributed by atoms with Crippen molar-refractivity contribution in [2.45, 2.75) is 11.8 Å². The van der Waals surface area contributed by atoms with Gasteiger partial charge in [0.2, 0.25) is 5.60 Å². The van der Waals surface area contributed by atoms with E-state index in [0.717, 1.165) is 0 Å². The summed E-state index contributed by atoms with van der Waals surface area (Å²) in [4.78, 5) is 0. The first-order valence-electron chi connectivity index (χ1n) is 9.80. The zero-order valence-corrected chi connectivity index (χ0v) is 16.5. The third kappa shape index (κ3) is 3.05. The summed E-state index contributed by atoms with van der Waals surface area (Å²) < 4.78 is 58.3. The summed E-state index contributed by atoms with van der Waals surface area (Å²) in [5, 5.41) is 16.7. The Morgan fingerprint density at radius 1 is 0.781 bits per heavy atom. The molecule has 1 unspecified atom stereocenters. The zero-order chi connectivity index (χ0) is 22.5. The summed E-state index contributed by atoms with van der Waals surface area (Å²) in [5.41, 5.74) is -2.88. The lowest BCUT2D eigenvalue weighted by Crippen LogP contribution is -2.43. The van der Waals surface area contributed by atoms with E-state index in [-0.39, 0.29) is 11.1 Å². The number of alkyl halides is 3. The average Bonchev–Trinajstić information content (AvgIpc) is 3.21. The number of hydrogen-bond acceptors (Lipinski definition) is 2. The van der Waals surface area contributed by atoms with E-state index < -0.39 is 17.6 Å². The van der Waals surface area contributed by atoms with E-state index in [0.29, 0.717) is 27.4 Å². The molecule has 0 aliphatic carbocycles. The van der Waals surface area contributed by atoms with Crippen molar-refractivity contribution in [1.82, 2.24) is 9.78 Å². The van der Waals surface area contributed by atoms with Gasteiger partial charge in [-0.25, -0.2) is 9.07 Å². The van der Waals surface area contributed by atoms with Crippen molar-refractivity contribution in [1.29, 1.82) is 0 Å². The Bertz CT molecular complexity index is 1450. The van der Waals surface area contributed by atoms with Gasteiger partial charge < -0.3 is 5.11 Å². The minimum absolute atomic E-state index is 0.250. The lowest BCUT2D eigenvalue weighted by Gasteiger charge is -2.32. The van der Waals surface area contributed by atoms with Crippen LogP contribution in [0.3, 0.4) is 0 Å². The Kier molecular flexibility index (Phi) is 4.53. The second-order valence-electron chi connectivity index (χ2n) is 7.54. The van der Waals surface area contributed by atoms with Crippen LogP contribution < -0.4 is 0 Å². The lowest BCUT2D eigenvalue weighted by atomic mass is 9.82. The van der Waals surface area contributed by atoms with Gasteiger partial charge in [0.05, 0.1) is 17.4 Å². The van der Waals surface area contributed by atoms with Crippen LogP contribution in [0.15, 0.2) is 91.1 Å². The molecule has 1 atom stereocenters. The average molecular weight is 436 g/mol. The third-order valence-electron chi connectivity index (χ3n) is 5.63. The van der Waals surface area contributed by atoms with Crippen LogP contribution in [0.4, 0.5) is 17.6 Å². The lowest BCUT2D eigenvalue weighted by molar-refractivity contribution is -0.247. The predicted molar refractivity (Wildman–Crippen MR) is 114 cm³/mol. The van der Waals surface area contributed by atoms with E-state index in [2.05, 4.69) is 5.10 Å². The predicted octanol–water partition coefficient (Wildman–Crippen LogP) is 6.12. The Hall–Kier alpha value is -3.71. The van der Waals surface area contributed by atoms with Gasteiger partial charge in [0.15, 0.2) is 0 Å². The molecule has 1 heterocycles. The standard InChI is InChI=1S/C25H16F4N2O/c26-19-7-4-8-20(14-19)31-23-12-11-18(13-17(23)15-30-31)24(32,25(27,28)29)22-10-3-6-16-5-1-2-9-21(16)22/h1-15,32H. The number of halogens is 4. The van der Waals surface area contributed by atoms with Gasteiger partial charge in [0.25, 0.3) is 0 Å². The maximum atomic E-state index is 14.4. The minimum Gasteiger partial charge on any atom is -0.372 e. The van der Waals surface area contributed by atoms with Crippen molar-refractivity contribution in [3.05, 3.63) is 108 Å². The van der Waals surface area contributed by atoms with Crippen LogP contribution in [-0.4, -0.2) is 21.1 Å². The van der Waals surface area contributed by atoms with E-state index >= 15 is 0 Å². The van der Waals surface area contributed by atoms with E-state index in [1.807, 2.05) is 0 Å². The molecule has 4 aromatic carbocycles. The summed E-state index contributed by atoms with van der Waals surface area (Å²) in [6.07, 6.45) is -3.59. The fourth-order valence-corrected chi connectivity index (χ4v) is 4.08. The van der Waals surface area contributed by atoms with Gasteiger partial charge in [-0.1, -0.05) is 54.6 Å².